The van der Waals surface area contributed by atoms with Crippen molar-refractivity contribution in [3.05, 3.63) is 47.8 Å². The highest BCUT2D eigenvalue weighted by molar-refractivity contribution is 5.30. The molecule has 0 aliphatic heterocycles. The molecule has 0 saturated carbocycles. The van der Waals surface area contributed by atoms with Crippen molar-refractivity contribution >= 4 is 0 Å². The predicted molar refractivity (Wildman–Crippen MR) is 81.2 cm³/mol. The fourth-order valence-electron chi connectivity index (χ4n) is 1.92. The van der Waals surface area contributed by atoms with Crippen LogP contribution in [0.15, 0.2) is 36.7 Å². The molecule has 0 fully saturated rings. The van der Waals surface area contributed by atoms with Gasteiger partial charge in [-0.25, -0.2) is 9.97 Å². The van der Waals surface area contributed by atoms with E-state index in [9.17, 15) is 0 Å². The molecule has 0 radical (unpaired) electrons. The molecule has 0 aliphatic carbocycles. The summed E-state index contributed by atoms with van der Waals surface area (Å²) in [6.07, 6.45) is 5.23. The smallest absolute Gasteiger partial charge is 0.321 e. The average Bonchev–Trinajstić information content (AvgIpc) is 2.50. The van der Waals surface area contributed by atoms with Crippen molar-refractivity contribution in [3.63, 3.8) is 0 Å². The second-order valence-electron chi connectivity index (χ2n) is 4.93. The minimum Gasteiger partial charge on any atom is -0.424 e. The van der Waals surface area contributed by atoms with E-state index < -0.39 is 0 Å². The van der Waals surface area contributed by atoms with Crippen molar-refractivity contribution in [1.29, 1.82) is 0 Å². The number of ether oxygens (including phenoxy) is 2. The minimum atomic E-state index is 0.145. The Balaban J connectivity index is 2.01. The van der Waals surface area contributed by atoms with E-state index in [1.165, 1.54) is 0 Å². The van der Waals surface area contributed by atoms with Crippen molar-refractivity contribution in [2.45, 2.75) is 32.4 Å². The number of hydrogen-bond donors (Lipinski definition) is 1. The Bertz CT molecular complexity index is 558. The third kappa shape index (κ3) is 4.81. The Morgan fingerprint density at radius 3 is 2.62 bits per heavy atom. The van der Waals surface area contributed by atoms with Gasteiger partial charge in [0.2, 0.25) is 0 Å². The number of nitrogens with zero attached hydrogens (tertiary/aromatic N) is 2. The van der Waals surface area contributed by atoms with Crippen molar-refractivity contribution < 1.29 is 9.47 Å². The van der Waals surface area contributed by atoms with E-state index in [0.29, 0.717) is 18.4 Å². The third-order valence-corrected chi connectivity index (χ3v) is 3.12. The first-order valence-corrected chi connectivity index (χ1v) is 7.03. The minimum absolute atomic E-state index is 0.145. The van der Waals surface area contributed by atoms with Gasteiger partial charge in [-0.3, -0.25) is 0 Å². The van der Waals surface area contributed by atoms with Crippen LogP contribution in [0.25, 0.3) is 0 Å². The van der Waals surface area contributed by atoms with Gasteiger partial charge in [-0.1, -0.05) is 19.1 Å². The van der Waals surface area contributed by atoms with Gasteiger partial charge in [0.15, 0.2) is 0 Å². The van der Waals surface area contributed by atoms with Crippen molar-refractivity contribution in [3.8, 4) is 11.8 Å². The molecule has 1 heterocycles. The number of methoxy groups -OCH3 is 1. The van der Waals surface area contributed by atoms with Gasteiger partial charge in [0.1, 0.15) is 5.75 Å². The van der Waals surface area contributed by atoms with Gasteiger partial charge in [-0.15, -0.1) is 0 Å². The fourth-order valence-corrected chi connectivity index (χ4v) is 1.92. The summed E-state index contributed by atoms with van der Waals surface area (Å²) < 4.78 is 10.7. The monoisotopic (exact) mass is 287 g/mol. The van der Waals surface area contributed by atoms with Gasteiger partial charge >= 0.3 is 6.01 Å². The highest BCUT2D eigenvalue weighted by Crippen LogP contribution is 2.19. The summed E-state index contributed by atoms with van der Waals surface area (Å²) in [4.78, 5) is 8.43. The van der Waals surface area contributed by atoms with Crippen LogP contribution in [0, 0.1) is 0 Å². The average molecular weight is 287 g/mol. The lowest BCUT2D eigenvalue weighted by Crippen LogP contribution is -2.21. The quantitative estimate of drug-likeness (QED) is 0.847. The number of rotatable bonds is 7. The first-order valence-electron chi connectivity index (χ1n) is 7.03. The van der Waals surface area contributed by atoms with Crippen LogP contribution >= 0.6 is 0 Å². The van der Waals surface area contributed by atoms with E-state index in [1.54, 1.807) is 19.5 Å². The molecule has 1 unspecified atom stereocenters. The number of hydrogen-bond acceptors (Lipinski definition) is 5. The Morgan fingerprint density at radius 1 is 1.19 bits per heavy atom. The normalized spacial score (nSPS) is 12.1. The van der Waals surface area contributed by atoms with Gasteiger partial charge in [-0.05, 0) is 36.1 Å². The third-order valence-electron chi connectivity index (χ3n) is 3.12. The van der Waals surface area contributed by atoms with Crippen molar-refractivity contribution in [1.82, 2.24) is 9.97 Å². The molecule has 0 spiro atoms. The summed E-state index contributed by atoms with van der Waals surface area (Å²) in [5, 5.41) is 0. The predicted octanol–water partition coefficient (Wildman–Crippen LogP) is 2.70. The zero-order chi connectivity index (χ0) is 15.1. The largest absolute Gasteiger partial charge is 0.424 e. The van der Waals surface area contributed by atoms with E-state index in [4.69, 9.17) is 15.2 Å². The lowest BCUT2D eigenvalue weighted by Gasteiger charge is -2.09. The first-order chi connectivity index (χ1) is 10.2. The van der Waals surface area contributed by atoms with Gasteiger partial charge in [0, 0.05) is 25.5 Å². The highest BCUT2D eigenvalue weighted by atomic mass is 16.5. The van der Waals surface area contributed by atoms with Gasteiger partial charge in [0.05, 0.1) is 6.61 Å². The lowest BCUT2D eigenvalue weighted by molar-refractivity contribution is 0.184. The molecule has 1 aromatic carbocycles. The molecule has 0 amide bonds. The standard InChI is InChI=1S/C16H21N3O2/c1-3-14(17)7-13-9-18-16(19-10-13)21-15-6-4-5-12(8-15)11-20-2/h4-6,8-10,14H,3,7,11,17H2,1-2H3. The zero-order valence-corrected chi connectivity index (χ0v) is 12.5. The van der Waals surface area contributed by atoms with Crippen LogP contribution in [-0.4, -0.2) is 23.1 Å². The van der Waals surface area contributed by atoms with Crippen LogP contribution in [0.1, 0.15) is 24.5 Å². The van der Waals surface area contributed by atoms with E-state index in [-0.39, 0.29) is 6.04 Å². The molecular formula is C16H21N3O2. The SMILES string of the molecule is CCC(N)Cc1cnc(Oc2cccc(COC)c2)nc1. The van der Waals surface area contributed by atoms with E-state index >= 15 is 0 Å². The lowest BCUT2D eigenvalue weighted by atomic mass is 10.1. The Labute approximate surface area is 125 Å². The summed E-state index contributed by atoms with van der Waals surface area (Å²) in [5.74, 6) is 0.697. The van der Waals surface area contributed by atoms with Gasteiger partial charge in [0.25, 0.3) is 0 Å². The molecule has 2 aromatic rings. The zero-order valence-electron chi connectivity index (χ0n) is 12.5. The Morgan fingerprint density at radius 2 is 1.95 bits per heavy atom. The van der Waals surface area contributed by atoms with Crippen LogP contribution in [-0.2, 0) is 17.8 Å². The van der Waals surface area contributed by atoms with Crippen LogP contribution in [0.4, 0.5) is 0 Å². The Hall–Kier alpha value is -1.98. The summed E-state index contributed by atoms with van der Waals surface area (Å²) in [6, 6.07) is 8.14. The molecule has 112 valence electrons. The van der Waals surface area contributed by atoms with E-state index in [0.717, 1.165) is 24.0 Å². The van der Waals surface area contributed by atoms with Gasteiger partial charge < -0.3 is 15.2 Å². The molecule has 2 rings (SSSR count). The summed E-state index contributed by atoms with van der Waals surface area (Å²) in [5.41, 5.74) is 7.97. The summed E-state index contributed by atoms with van der Waals surface area (Å²) >= 11 is 0. The molecular weight excluding hydrogens is 266 g/mol. The second kappa shape index (κ2) is 7.71. The molecule has 1 aromatic heterocycles. The summed E-state index contributed by atoms with van der Waals surface area (Å²) in [7, 11) is 1.66. The number of nitrogens with two attached hydrogens (primary N) is 1. The van der Waals surface area contributed by atoms with Crippen LogP contribution in [0.5, 0.6) is 11.8 Å². The summed E-state index contributed by atoms with van der Waals surface area (Å²) in [6.45, 7) is 2.61. The van der Waals surface area contributed by atoms with Gasteiger partial charge in [-0.2, -0.15) is 0 Å². The molecule has 1 atom stereocenters. The first kappa shape index (κ1) is 15.4. The van der Waals surface area contributed by atoms with Crippen LogP contribution in [0.2, 0.25) is 0 Å². The maximum atomic E-state index is 5.91. The van der Waals surface area contributed by atoms with Crippen molar-refractivity contribution in [2.75, 3.05) is 7.11 Å². The maximum Gasteiger partial charge on any atom is 0.321 e. The van der Waals surface area contributed by atoms with Crippen LogP contribution in [0.3, 0.4) is 0 Å². The maximum absolute atomic E-state index is 5.91. The molecule has 21 heavy (non-hydrogen) atoms. The van der Waals surface area contributed by atoms with E-state index in [1.807, 2.05) is 24.3 Å². The molecule has 5 heteroatoms. The molecule has 0 bridgehead atoms. The van der Waals surface area contributed by atoms with Crippen molar-refractivity contribution in [2.24, 2.45) is 5.73 Å². The fraction of sp³-hybridized carbons (Fsp3) is 0.375. The molecule has 2 N–H and O–H groups in total. The highest BCUT2D eigenvalue weighted by Gasteiger charge is 2.05. The Kier molecular flexibility index (Phi) is 5.66. The second-order valence-corrected chi connectivity index (χ2v) is 4.93. The molecule has 0 saturated heterocycles. The number of aromatic nitrogens is 2. The molecule has 0 aliphatic rings. The number of benzene rings is 1. The molecule has 5 nitrogen and oxygen atoms in total. The van der Waals surface area contributed by atoms with E-state index in [2.05, 4.69) is 16.9 Å². The van der Waals surface area contributed by atoms with Crippen LogP contribution < -0.4 is 10.5 Å². The topological polar surface area (TPSA) is 70.3 Å².